The summed E-state index contributed by atoms with van der Waals surface area (Å²) in [4.78, 5) is 0. The van der Waals surface area contributed by atoms with E-state index in [0.29, 0.717) is 0 Å². The largest absolute Gasteiger partial charge is 0.0653 e. The van der Waals surface area contributed by atoms with Gasteiger partial charge in [0, 0.05) is 5.92 Å². The Labute approximate surface area is 107 Å². The lowest BCUT2D eigenvalue weighted by Crippen LogP contribution is -2.17. The standard InChI is InChI=1S/C17H27/c1-5-7-14-11-15-9-12(3)13(4)10-17(15)16(14)8-6-2/h11-13H,5-10H2,1-4H3. The van der Waals surface area contributed by atoms with Gasteiger partial charge in [-0.1, -0.05) is 57.8 Å². The van der Waals surface area contributed by atoms with Crippen molar-refractivity contribution in [1.29, 1.82) is 0 Å². The average Bonchev–Trinajstić information content (AvgIpc) is 2.59. The third-order valence-electron chi connectivity index (χ3n) is 4.55. The van der Waals surface area contributed by atoms with E-state index in [2.05, 4.69) is 33.8 Å². The van der Waals surface area contributed by atoms with Gasteiger partial charge in [0.1, 0.15) is 0 Å². The van der Waals surface area contributed by atoms with Crippen molar-refractivity contribution >= 4 is 0 Å². The van der Waals surface area contributed by atoms with Crippen molar-refractivity contribution in [3.05, 3.63) is 28.7 Å². The van der Waals surface area contributed by atoms with Crippen LogP contribution in [0.15, 0.2) is 22.8 Å². The predicted molar refractivity (Wildman–Crippen MR) is 75.7 cm³/mol. The maximum absolute atomic E-state index is 2.53. The number of allylic oxidation sites excluding steroid dienone is 4. The van der Waals surface area contributed by atoms with Crippen molar-refractivity contribution in [2.75, 3.05) is 0 Å². The molecule has 0 heterocycles. The Bertz CT molecular complexity index is 332. The molecule has 17 heavy (non-hydrogen) atoms. The molecule has 0 aromatic heterocycles. The lowest BCUT2D eigenvalue weighted by molar-refractivity contribution is 0.362. The molecule has 0 aliphatic heterocycles. The van der Waals surface area contributed by atoms with Gasteiger partial charge in [0.25, 0.3) is 0 Å². The molecule has 0 saturated heterocycles. The third kappa shape index (κ3) is 2.51. The van der Waals surface area contributed by atoms with Gasteiger partial charge in [-0.25, -0.2) is 0 Å². The molecule has 0 N–H and O–H groups in total. The summed E-state index contributed by atoms with van der Waals surface area (Å²) in [6.07, 6.45) is 10.3. The van der Waals surface area contributed by atoms with Crippen LogP contribution >= 0.6 is 0 Å². The Kier molecular flexibility index (Phi) is 4.12. The maximum atomic E-state index is 2.53. The van der Waals surface area contributed by atoms with Crippen molar-refractivity contribution in [2.24, 2.45) is 11.8 Å². The van der Waals surface area contributed by atoms with Crippen molar-refractivity contribution in [2.45, 2.75) is 66.2 Å². The molecule has 2 aliphatic rings. The van der Waals surface area contributed by atoms with E-state index in [4.69, 9.17) is 0 Å². The lowest BCUT2D eigenvalue weighted by Gasteiger charge is -2.30. The van der Waals surface area contributed by atoms with Crippen molar-refractivity contribution in [3.8, 4) is 0 Å². The Hall–Kier alpha value is -0.520. The SMILES string of the molecule is CCC[C]1C(CCC)=CC2=C1CC(C)C(C)C2. The summed E-state index contributed by atoms with van der Waals surface area (Å²) < 4.78 is 0. The minimum absolute atomic E-state index is 0.869. The fourth-order valence-electron chi connectivity index (χ4n) is 3.33. The van der Waals surface area contributed by atoms with Gasteiger partial charge in [-0.3, -0.25) is 0 Å². The zero-order valence-electron chi connectivity index (χ0n) is 12.0. The molecule has 0 heteroatoms. The Morgan fingerprint density at radius 2 is 1.65 bits per heavy atom. The molecular weight excluding hydrogens is 204 g/mol. The van der Waals surface area contributed by atoms with E-state index in [9.17, 15) is 0 Å². The topological polar surface area (TPSA) is 0 Å². The van der Waals surface area contributed by atoms with Crippen molar-refractivity contribution < 1.29 is 0 Å². The lowest BCUT2D eigenvalue weighted by atomic mass is 9.75. The monoisotopic (exact) mass is 231 g/mol. The van der Waals surface area contributed by atoms with Gasteiger partial charge in [0.15, 0.2) is 0 Å². The highest BCUT2D eigenvalue weighted by Crippen LogP contribution is 2.48. The smallest absolute Gasteiger partial charge is 0.0260 e. The maximum Gasteiger partial charge on any atom is 0.0260 e. The first-order valence-electron chi connectivity index (χ1n) is 7.46. The Balaban J connectivity index is 2.19. The van der Waals surface area contributed by atoms with Gasteiger partial charge >= 0.3 is 0 Å². The molecular formula is C17H27. The zero-order valence-corrected chi connectivity index (χ0v) is 12.0. The molecule has 0 saturated carbocycles. The second kappa shape index (κ2) is 5.42. The van der Waals surface area contributed by atoms with Crippen molar-refractivity contribution in [3.63, 3.8) is 0 Å². The summed E-state index contributed by atoms with van der Waals surface area (Å²) in [5, 5.41) is 0. The molecule has 95 valence electrons. The Morgan fingerprint density at radius 1 is 1.00 bits per heavy atom. The minimum atomic E-state index is 0.869. The molecule has 0 spiro atoms. The van der Waals surface area contributed by atoms with Crippen LogP contribution in [0, 0.1) is 17.8 Å². The van der Waals surface area contributed by atoms with E-state index < -0.39 is 0 Å². The first-order valence-corrected chi connectivity index (χ1v) is 7.46. The number of hydrogen-bond donors (Lipinski definition) is 0. The van der Waals surface area contributed by atoms with Gasteiger partial charge in [0.05, 0.1) is 0 Å². The zero-order chi connectivity index (χ0) is 12.4. The second-order valence-corrected chi connectivity index (χ2v) is 6.01. The van der Waals surface area contributed by atoms with E-state index in [1.807, 2.05) is 0 Å². The highest BCUT2D eigenvalue weighted by Gasteiger charge is 2.33. The highest BCUT2D eigenvalue weighted by atomic mass is 14.4. The fourth-order valence-corrected chi connectivity index (χ4v) is 3.33. The normalized spacial score (nSPS) is 29.5. The molecule has 0 fully saturated rings. The summed E-state index contributed by atoms with van der Waals surface area (Å²) in [5.74, 6) is 3.46. The molecule has 0 aromatic rings. The first kappa shape index (κ1) is 12.9. The molecule has 2 aliphatic carbocycles. The predicted octanol–water partition coefficient (Wildman–Crippen LogP) is 5.46. The summed E-state index contributed by atoms with van der Waals surface area (Å²) in [6, 6.07) is 0. The van der Waals surface area contributed by atoms with E-state index >= 15 is 0 Å². The third-order valence-corrected chi connectivity index (χ3v) is 4.55. The van der Waals surface area contributed by atoms with Gasteiger partial charge in [0.2, 0.25) is 0 Å². The minimum Gasteiger partial charge on any atom is -0.0653 e. The number of rotatable bonds is 4. The second-order valence-electron chi connectivity index (χ2n) is 6.01. The summed E-state index contributed by atoms with van der Waals surface area (Å²) in [7, 11) is 0. The van der Waals surface area contributed by atoms with Gasteiger partial charge in [-0.2, -0.15) is 0 Å². The highest BCUT2D eigenvalue weighted by molar-refractivity contribution is 5.55. The average molecular weight is 231 g/mol. The van der Waals surface area contributed by atoms with Crippen molar-refractivity contribution in [1.82, 2.24) is 0 Å². The van der Waals surface area contributed by atoms with Crippen LogP contribution in [0.3, 0.4) is 0 Å². The van der Waals surface area contributed by atoms with Crippen LogP contribution < -0.4 is 0 Å². The summed E-state index contributed by atoms with van der Waals surface area (Å²) in [5.41, 5.74) is 5.09. The molecule has 0 amide bonds. The van der Waals surface area contributed by atoms with Crippen LogP contribution in [0.4, 0.5) is 0 Å². The molecule has 0 nitrogen and oxygen atoms in total. The summed E-state index contributed by atoms with van der Waals surface area (Å²) in [6.45, 7) is 9.45. The van der Waals surface area contributed by atoms with Crippen LogP contribution in [0.1, 0.15) is 66.2 Å². The molecule has 1 radical (unpaired) electrons. The van der Waals surface area contributed by atoms with E-state index in [-0.39, 0.29) is 0 Å². The van der Waals surface area contributed by atoms with Gasteiger partial charge in [-0.05, 0) is 43.1 Å². The molecule has 2 atom stereocenters. The molecule has 2 rings (SSSR count). The van der Waals surface area contributed by atoms with Crippen LogP contribution in [-0.4, -0.2) is 0 Å². The first-order chi connectivity index (χ1) is 8.17. The fraction of sp³-hybridized carbons (Fsp3) is 0.706. The van der Waals surface area contributed by atoms with Crippen LogP contribution in [0.25, 0.3) is 0 Å². The van der Waals surface area contributed by atoms with Crippen LogP contribution in [0.2, 0.25) is 0 Å². The molecule has 0 bridgehead atoms. The van der Waals surface area contributed by atoms with Gasteiger partial charge < -0.3 is 0 Å². The van der Waals surface area contributed by atoms with Gasteiger partial charge in [-0.15, -0.1) is 0 Å². The van der Waals surface area contributed by atoms with Crippen LogP contribution in [0.5, 0.6) is 0 Å². The molecule has 0 aromatic carbocycles. The number of hydrogen-bond acceptors (Lipinski definition) is 0. The van der Waals surface area contributed by atoms with E-state index in [0.717, 1.165) is 11.8 Å². The van der Waals surface area contributed by atoms with E-state index in [1.54, 1.807) is 22.6 Å². The van der Waals surface area contributed by atoms with E-state index in [1.165, 1.54) is 38.5 Å². The quantitative estimate of drug-likeness (QED) is 0.602. The Morgan fingerprint density at radius 3 is 2.29 bits per heavy atom. The molecule has 2 unspecified atom stereocenters. The summed E-state index contributed by atoms with van der Waals surface area (Å²) >= 11 is 0. The van der Waals surface area contributed by atoms with Crippen LogP contribution in [-0.2, 0) is 0 Å².